The third-order valence-electron chi connectivity index (χ3n) is 3.62. The SMILES string of the molecule is CCCOc1c(Cl)cc(C(=O)Nn2cnc3ccccc32)cc1OC. The molecule has 0 aliphatic carbocycles. The summed E-state index contributed by atoms with van der Waals surface area (Å²) in [4.78, 5) is 16.8. The highest BCUT2D eigenvalue weighted by Gasteiger charge is 2.16. The Hall–Kier alpha value is -2.73. The van der Waals surface area contributed by atoms with Gasteiger partial charge in [-0.2, -0.15) is 0 Å². The number of carbonyl (C=O) groups excluding carboxylic acids is 1. The molecule has 1 N–H and O–H groups in total. The zero-order valence-corrected chi connectivity index (χ0v) is 14.7. The Kier molecular flexibility index (Phi) is 5.09. The van der Waals surface area contributed by atoms with Crippen molar-refractivity contribution in [1.82, 2.24) is 9.66 Å². The molecule has 0 unspecified atom stereocenters. The molecule has 0 bridgehead atoms. The first kappa shape index (κ1) is 17.1. The molecule has 3 rings (SSSR count). The van der Waals surface area contributed by atoms with Crippen LogP contribution >= 0.6 is 11.6 Å². The van der Waals surface area contributed by atoms with E-state index in [2.05, 4.69) is 10.4 Å². The van der Waals surface area contributed by atoms with Crippen LogP contribution in [0.25, 0.3) is 11.0 Å². The number of rotatable bonds is 6. The van der Waals surface area contributed by atoms with Gasteiger partial charge in [0.05, 0.1) is 29.8 Å². The van der Waals surface area contributed by atoms with Crippen molar-refractivity contribution in [2.24, 2.45) is 0 Å². The summed E-state index contributed by atoms with van der Waals surface area (Å²) >= 11 is 6.27. The average molecular weight is 360 g/mol. The zero-order valence-electron chi connectivity index (χ0n) is 14.0. The molecule has 0 saturated carbocycles. The van der Waals surface area contributed by atoms with Gasteiger partial charge in [-0.3, -0.25) is 10.2 Å². The van der Waals surface area contributed by atoms with Gasteiger partial charge in [0.1, 0.15) is 6.33 Å². The number of amides is 1. The van der Waals surface area contributed by atoms with Gasteiger partial charge in [-0.1, -0.05) is 30.7 Å². The number of methoxy groups -OCH3 is 1. The lowest BCUT2D eigenvalue weighted by molar-refractivity contribution is 0.101. The van der Waals surface area contributed by atoms with Crippen molar-refractivity contribution in [3.05, 3.63) is 53.3 Å². The molecule has 1 aromatic heterocycles. The fourth-order valence-corrected chi connectivity index (χ4v) is 2.68. The smallest absolute Gasteiger partial charge is 0.270 e. The van der Waals surface area contributed by atoms with E-state index >= 15 is 0 Å². The lowest BCUT2D eigenvalue weighted by atomic mass is 10.2. The van der Waals surface area contributed by atoms with Gasteiger partial charge >= 0.3 is 0 Å². The van der Waals surface area contributed by atoms with E-state index in [1.165, 1.54) is 7.11 Å². The third kappa shape index (κ3) is 3.53. The van der Waals surface area contributed by atoms with Gasteiger partial charge in [0.25, 0.3) is 5.91 Å². The topological polar surface area (TPSA) is 65.4 Å². The van der Waals surface area contributed by atoms with E-state index in [1.54, 1.807) is 23.1 Å². The lowest BCUT2D eigenvalue weighted by Crippen LogP contribution is -2.22. The molecule has 0 spiro atoms. The van der Waals surface area contributed by atoms with E-state index in [4.69, 9.17) is 21.1 Å². The Morgan fingerprint density at radius 3 is 2.88 bits per heavy atom. The summed E-state index contributed by atoms with van der Waals surface area (Å²) in [7, 11) is 1.51. The first-order valence-electron chi connectivity index (χ1n) is 7.87. The van der Waals surface area contributed by atoms with Crippen molar-refractivity contribution >= 4 is 28.5 Å². The van der Waals surface area contributed by atoms with Crippen molar-refractivity contribution in [1.29, 1.82) is 0 Å². The van der Waals surface area contributed by atoms with Gasteiger partial charge in [-0.05, 0) is 30.7 Å². The number of hydrogen-bond donors (Lipinski definition) is 1. The summed E-state index contributed by atoms with van der Waals surface area (Å²) in [5.41, 5.74) is 4.74. The van der Waals surface area contributed by atoms with Crippen LogP contribution in [0.2, 0.25) is 5.02 Å². The number of ether oxygens (including phenoxy) is 2. The Morgan fingerprint density at radius 2 is 2.12 bits per heavy atom. The summed E-state index contributed by atoms with van der Waals surface area (Å²) in [6.07, 6.45) is 2.40. The van der Waals surface area contributed by atoms with E-state index in [9.17, 15) is 4.79 Å². The fourth-order valence-electron chi connectivity index (χ4n) is 2.42. The fraction of sp³-hybridized carbons (Fsp3) is 0.222. The molecule has 25 heavy (non-hydrogen) atoms. The summed E-state index contributed by atoms with van der Waals surface area (Å²) in [6.45, 7) is 2.51. The second-order valence-electron chi connectivity index (χ2n) is 5.38. The Labute approximate surface area is 150 Å². The molecule has 0 radical (unpaired) electrons. The summed E-state index contributed by atoms with van der Waals surface area (Å²) < 4.78 is 12.5. The number of aromatic nitrogens is 2. The molecular formula is C18H18ClN3O3. The normalized spacial score (nSPS) is 10.7. The maximum absolute atomic E-state index is 12.6. The van der Waals surface area contributed by atoms with Crippen LogP contribution in [0, 0.1) is 0 Å². The molecule has 1 heterocycles. The molecule has 0 aliphatic heterocycles. The lowest BCUT2D eigenvalue weighted by Gasteiger charge is -2.14. The monoisotopic (exact) mass is 359 g/mol. The molecule has 3 aromatic rings. The van der Waals surface area contributed by atoms with Crippen LogP contribution in [0.5, 0.6) is 11.5 Å². The molecule has 130 valence electrons. The van der Waals surface area contributed by atoms with Crippen molar-refractivity contribution in [3.63, 3.8) is 0 Å². The standard InChI is InChI=1S/C18H18ClN3O3/c1-3-8-25-17-13(19)9-12(10-16(17)24-2)18(23)21-22-11-20-14-6-4-5-7-15(14)22/h4-7,9-11H,3,8H2,1-2H3,(H,21,23). The van der Waals surface area contributed by atoms with Gasteiger partial charge < -0.3 is 9.47 Å². The highest BCUT2D eigenvalue weighted by atomic mass is 35.5. The maximum Gasteiger partial charge on any atom is 0.270 e. The number of fused-ring (bicyclic) bond motifs is 1. The van der Waals surface area contributed by atoms with Crippen molar-refractivity contribution in [3.8, 4) is 11.5 Å². The number of imidazole rings is 1. The molecule has 0 aliphatic rings. The molecule has 0 fully saturated rings. The van der Waals surface area contributed by atoms with E-state index < -0.39 is 0 Å². The minimum Gasteiger partial charge on any atom is -0.493 e. The van der Waals surface area contributed by atoms with E-state index in [1.807, 2.05) is 31.2 Å². The highest BCUT2D eigenvalue weighted by molar-refractivity contribution is 6.32. The van der Waals surface area contributed by atoms with Crippen LogP contribution in [0.1, 0.15) is 23.7 Å². The number of benzene rings is 2. The Bertz CT molecular complexity index is 908. The molecule has 6 nitrogen and oxygen atoms in total. The summed E-state index contributed by atoms with van der Waals surface area (Å²) in [5.74, 6) is 0.530. The molecular weight excluding hydrogens is 342 g/mol. The highest BCUT2D eigenvalue weighted by Crippen LogP contribution is 2.36. The Morgan fingerprint density at radius 1 is 1.32 bits per heavy atom. The first-order valence-corrected chi connectivity index (χ1v) is 8.25. The molecule has 7 heteroatoms. The minimum absolute atomic E-state index is 0.327. The number of para-hydroxylation sites is 2. The second kappa shape index (κ2) is 7.44. The summed E-state index contributed by atoms with van der Waals surface area (Å²) in [5, 5.41) is 0.327. The predicted octanol–water partition coefficient (Wildman–Crippen LogP) is 3.87. The number of carbonyl (C=O) groups is 1. The maximum atomic E-state index is 12.6. The first-order chi connectivity index (χ1) is 12.1. The van der Waals surface area contributed by atoms with Crippen LogP contribution in [0.3, 0.4) is 0 Å². The van der Waals surface area contributed by atoms with Crippen LogP contribution in [-0.2, 0) is 0 Å². The number of nitrogens with one attached hydrogen (secondary N) is 1. The number of halogens is 1. The molecule has 1 amide bonds. The van der Waals surface area contributed by atoms with Crippen molar-refractivity contribution < 1.29 is 14.3 Å². The largest absolute Gasteiger partial charge is 0.493 e. The number of nitrogens with zero attached hydrogens (tertiary/aromatic N) is 2. The van der Waals surface area contributed by atoms with Crippen LogP contribution in [0.4, 0.5) is 0 Å². The van der Waals surface area contributed by atoms with E-state index in [0.717, 1.165) is 17.5 Å². The minimum atomic E-state index is -0.328. The Balaban J connectivity index is 1.88. The van der Waals surface area contributed by atoms with Crippen LogP contribution in [-0.4, -0.2) is 29.3 Å². The predicted molar refractivity (Wildman–Crippen MR) is 97.2 cm³/mol. The van der Waals surface area contributed by atoms with Crippen LogP contribution in [0.15, 0.2) is 42.7 Å². The van der Waals surface area contributed by atoms with Crippen molar-refractivity contribution in [2.75, 3.05) is 19.1 Å². The molecule has 0 atom stereocenters. The molecule has 2 aromatic carbocycles. The van der Waals surface area contributed by atoms with E-state index in [0.29, 0.717) is 28.7 Å². The van der Waals surface area contributed by atoms with Gasteiger partial charge in [0.15, 0.2) is 11.5 Å². The third-order valence-corrected chi connectivity index (χ3v) is 3.90. The van der Waals surface area contributed by atoms with E-state index in [-0.39, 0.29) is 5.91 Å². The van der Waals surface area contributed by atoms with Gasteiger partial charge in [0.2, 0.25) is 0 Å². The average Bonchev–Trinajstić information content (AvgIpc) is 3.03. The van der Waals surface area contributed by atoms with Gasteiger partial charge in [0, 0.05) is 5.56 Å². The second-order valence-corrected chi connectivity index (χ2v) is 5.79. The quantitative estimate of drug-likeness (QED) is 0.725. The van der Waals surface area contributed by atoms with Crippen molar-refractivity contribution in [2.45, 2.75) is 13.3 Å². The molecule has 0 saturated heterocycles. The van der Waals surface area contributed by atoms with Gasteiger partial charge in [-0.25, -0.2) is 9.66 Å². The zero-order chi connectivity index (χ0) is 17.8. The van der Waals surface area contributed by atoms with Gasteiger partial charge in [-0.15, -0.1) is 0 Å². The number of hydrogen-bond acceptors (Lipinski definition) is 4. The van der Waals surface area contributed by atoms with Crippen LogP contribution < -0.4 is 14.9 Å². The summed E-state index contributed by atoms with van der Waals surface area (Å²) in [6, 6.07) is 10.7.